The van der Waals surface area contributed by atoms with Crippen LogP contribution in [0.3, 0.4) is 0 Å². The van der Waals surface area contributed by atoms with E-state index in [2.05, 4.69) is 40.3 Å². The third-order valence-electron chi connectivity index (χ3n) is 7.41. The Morgan fingerprint density at radius 2 is 2.06 bits per heavy atom. The van der Waals surface area contributed by atoms with Crippen LogP contribution in [-0.2, 0) is 17.6 Å². The van der Waals surface area contributed by atoms with Gasteiger partial charge in [0.25, 0.3) is 0 Å². The first-order chi connectivity index (χ1) is 15.3. The number of fused-ring (bicyclic) bond motifs is 1. The highest BCUT2D eigenvalue weighted by atomic mass is 16.2. The Bertz CT molecular complexity index is 1010. The molecule has 2 N–H and O–H groups in total. The predicted octanol–water partition coefficient (Wildman–Crippen LogP) is 3.78. The van der Waals surface area contributed by atoms with Crippen molar-refractivity contribution in [3.05, 3.63) is 23.0 Å². The van der Waals surface area contributed by atoms with E-state index in [1.54, 1.807) is 4.90 Å². The maximum Gasteiger partial charge on any atom is 0.244 e. The molecule has 2 aromatic heterocycles. The van der Waals surface area contributed by atoms with Crippen molar-refractivity contribution in [3.63, 3.8) is 0 Å². The fourth-order valence-electron chi connectivity index (χ4n) is 5.64. The average Bonchev–Trinajstić information content (AvgIpc) is 3.53. The van der Waals surface area contributed by atoms with E-state index in [9.17, 15) is 4.79 Å². The maximum absolute atomic E-state index is 12.7. The number of anilines is 3. The van der Waals surface area contributed by atoms with Gasteiger partial charge in [0, 0.05) is 43.9 Å². The fourth-order valence-corrected chi connectivity index (χ4v) is 5.64. The molecule has 2 atom stereocenters. The molecule has 1 saturated carbocycles. The second-order valence-corrected chi connectivity index (χ2v) is 10.7. The smallest absolute Gasteiger partial charge is 0.244 e. The number of H-pyrrole nitrogens is 1. The van der Waals surface area contributed by atoms with Crippen molar-refractivity contribution >= 4 is 23.5 Å². The third kappa shape index (κ3) is 3.95. The molecule has 1 aliphatic heterocycles. The van der Waals surface area contributed by atoms with Crippen LogP contribution in [0.4, 0.5) is 17.6 Å². The summed E-state index contributed by atoms with van der Waals surface area (Å²) in [5.74, 6) is 2.99. The molecule has 2 aromatic rings. The lowest BCUT2D eigenvalue weighted by Gasteiger charge is -2.27. The van der Waals surface area contributed by atoms with Gasteiger partial charge in [-0.15, -0.1) is 0 Å². The largest absolute Gasteiger partial charge is 0.347 e. The zero-order valence-electron chi connectivity index (χ0n) is 19.7. The summed E-state index contributed by atoms with van der Waals surface area (Å²) in [6.45, 7) is 5.51. The average molecular weight is 438 g/mol. The van der Waals surface area contributed by atoms with Crippen molar-refractivity contribution < 1.29 is 4.79 Å². The number of carbonyl (C=O) groups is 1. The van der Waals surface area contributed by atoms with Crippen molar-refractivity contribution in [3.8, 4) is 0 Å². The zero-order chi connectivity index (χ0) is 22.5. The molecule has 0 bridgehead atoms. The Hall–Kier alpha value is -2.64. The van der Waals surface area contributed by atoms with E-state index in [4.69, 9.17) is 9.97 Å². The number of carbonyl (C=O) groups excluding carboxylic acids is 1. The van der Waals surface area contributed by atoms with Crippen LogP contribution in [0.1, 0.15) is 75.2 Å². The number of rotatable bonds is 5. The lowest BCUT2D eigenvalue weighted by Crippen LogP contribution is -2.43. The number of nitrogens with one attached hydrogen (secondary N) is 2. The molecule has 1 unspecified atom stereocenters. The van der Waals surface area contributed by atoms with Gasteiger partial charge >= 0.3 is 0 Å². The normalized spacial score (nSPS) is 24.1. The van der Waals surface area contributed by atoms with Crippen LogP contribution in [0.2, 0.25) is 0 Å². The highest BCUT2D eigenvalue weighted by Crippen LogP contribution is 2.45. The molecule has 1 saturated heterocycles. The monoisotopic (exact) mass is 437 g/mol. The summed E-state index contributed by atoms with van der Waals surface area (Å²) in [5.41, 5.74) is 3.91. The molecule has 0 radical (unpaired) electrons. The zero-order valence-corrected chi connectivity index (χ0v) is 19.7. The van der Waals surface area contributed by atoms with E-state index in [-0.39, 0.29) is 11.9 Å². The van der Waals surface area contributed by atoms with Crippen molar-refractivity contribution in [1.82, 2.24) is 25.1 Å². The van der Waals surface area contributed by atoms with Gasteiger partial charge in [-0.3, -0.25) is 9.89 Å². The molecule has 0 aromatic carbocycles. The van der Waals surface area contributed by atoms with Crippen LogP contribution in [0, 0.1) is 5.41 Å². The number of amides is 1. The van der Waals surface area contributed by atoms with Crippen molar-refractivity contribution in [2.75, 3.05) is 30.9 Å². The molecular weight excluding hydrogens is 402 g/mol. The molecule has 8 heteroatoms. The standard InChI is InChI=1S/C24H35N7O/c1-24(2)11-10-15(14-24)18-13-20(29-28-18)26-21-16-7-5-8-17(16)25-23(27-21)31-12-6-9-19(31)22(32)30(3)4/h13,15,19H,5-12,14H2,1-4H3,(H2,25,26,27,28,29)/t15?,19-/m0/s1. The van der Waals surface area contributed by atoms with Crippen LogP contribution in [0.5, 0.6) is 0 Å². The third-order valence-corrected chi connectivity index (χ3v) is 7.41. The van der Waals surface area contributed by atoms with Gasteiger partial charge in [0.05, 0.1) is 5.69 Å². The summed E-state index contributed by atoms with van der Waals surface area (Å²) >= 11 is 0. The number of nitrogens with zero attached hydrogens (tertiary/aromatic N) is 5. The summed E-state index contributed by atoms with van der Waals surface area (Å²) in [7, 11) is 3.63. The summed E-state index contributed by atoms with van der Waals surface area (Å²) in [6.07, 6.45) is 8.51. The minimum absolute atomic E-state index is 0.123. The summed E-state index contributed by atoms with van der Waals surface area (Å²) < 4.78 is 0. The topological polar surface area (TPSA) is 90.0 Å². The molecule has 2 fully saturated rings. The van der Waals surface area contributed by atoms with Crippen molar-refractivity contribution in [2.24, 2.45) is 5.41 Å². The van der Waals surface area contributed by atoms with E-state index in [1.165, 1.54) is 30.5 Å². The SMILES string of the molecule is CN(C)C(=O)[C@@H]1CCCN1c1nc2c(c(Nc3cc(C4CCC(C)(C)C4)[nH]n3)n1)CCC2. The van der Waals surface area contributed by atoms with Gasteiger partial charge in [0.15, 0.2) is 5.82 Å². The Labute approximate surface area is 190 Å². The predicted molar refractivity (Wildman–Crippen MR) is 125 cm³/mol. The van der Waals surface area contributed by atoms with Gasteiger partial charge in [-0.05, 0) is 56.8 Å². The van der Waals surface area contributed by atoms with Gasteiger partial charge in [0.1, 0.15) is 11.9 Å². The molecule has 5 rings (SSSR count). The number of aryl methyl sites for hydroxylation is 1. The van der Waals surface area contributed by atoms with Gasteiger partial charge in [-0.1, -0.05) is 13.8 Å². The minimum atomic E-state index is -0.181. The van der Waals surface area contributed by atoms with E-state index in [0.29, 0.717) is 17.3 Å². The van der Waals surface area contributed by atoms with Crippen LogP contribution in [0.15, 0.2) is 6.07 Å². The van der Waals surface area contributed by atoms with Crippen LogP contribution < -0.4 is 10.2 Å². The van der Waals surface area contributed by atoms with Gasteiger partial charge in [-0.2, -0.15) is 10.1 Å². The highest BCUT2D eigenvalue weighted by molar-refractivity contribution is 5.85. The first kappa shape index (κ1) is 21.2. The Morgan fingerprint density at radius 1 is 1.22 bits per heavy atom. The quantitative estimate of drug-likeness (QED) is 0.740. The van der Waals surface area contributed by atoms with Crippen LogP contribution >= 0.6 is 0 Å². The fraction of sp³-hybridized carbons (Fsp3) is 0.667. The number of hydrogen-bond acceptors (Lipinski definition) is 6. The van der Waals surface area contributed by atoms with Gasteiger partial charge in [-0.25, -0.2) is 4.98 Å². The second-order valence-electron chi connectivity index (χ2n) is 10.7. The molecule has 32 heavy (non-hydrogen) atoms. The molecule has 3 aliphatic rings. The lowest BCUT2D eigenvalue weighted by atomic mass is 9.90. The van der Waals surface area contributed by atoms with Crippen LogP contribution in [0.25, 0.3) is 0 Å². The van der Waals surface area contributed by atoms with E-state index in [0.717, 1.165) is 56.0 Å². The summed E-state index contributed by atoms with van der Waals surface area (Å²) in [6, 6.07) is 1.96. The van der Waals surface area contributed by atoms with Gasteiger partial charge in [0.2, 0.25) is 11.9 Å². The molecule has 0 spiro atoms. The van der Waals surface area contributed by atoms with E-state index >= 15 is 0 Å². The first-order valence-corrected chi connectivity index (χ1v) is 12.0. The summed E-state index contributed by atoms with van der Waals surface area (Å²) in [5, 5.41) is 11.3. The van der Waals surface area contributed by atoms with Crippen molar-refractivity contribution in [1.29, 1.82) is 0 Å². The van der Waals surface area contributed by atoms with Crippen molar-refractivity contribution in [2.45, 2.75) is 77.2 Å². The number of likely N-dealkylation sites (N-methyl/N-ethyl adjacent to an activating group) is 1. The number of hydrogen-bond donors (Lipinski definition) is 2. The second kappa shape index (κ2) is 8.05. The Morgan fingerprint density at radius 3 is 2.81 bits per heavy atom. The first-order valence-electron chi connectivity index (χ1n) is 12.0. The van der Waals surface area contributed by atoms with E-state index < -0.39 is 0 Å². The molecule has 2 aliphatic carbocycles. The molecule has 172 valence electrons. The molecular formula is C24H35N7O. The highest BCUT2D eigenvalue weighted by Gasteiger charge is 2.35. The van der Waals surface area contributed by atoms with Crippen LogP contribution in [-0.4, -0.2) is 57.7 Å². The maximum atomic E-state index is 12.7. The molecule has 8 nitrogen and oxygen atoms in total. The van der Waals surface area contributed by atoms with E-state index in [1.807, 2.05) is 14.1 Å². The summed E-state index contributed by atoms with van der Waals surface area (Å²) in [4.78, 5) is 26.3. The number of aromatic nitrogens is 4. The lowest BCUT2D eigenvalue weighted by molar-refractivity contribution is -0.129. The Kier molecular flexibility index (Phi) is 5.34. The molecule has 1 amide bonds. The Balaban J connectivity index is 1.40. The van der Waals surface area contributed by atoms with Gasteiger partial charge < -0.3 is 15.1 Å². The minimum Gasteiger partial charge on any atom is -0.347 e. The number of aromatic amines is 1. The molecule has 3 heterocycles.